The highest BCUT2D eigenvalue weighted by molar-refractivity contribution is 5.02. The zero-order chi connectivity index (χ0) is 5.82. The fourth-order valence-corrected chi connectivity index (χ4v) is 0.563. The summed E-state index contributed by atoms with van der Waals surface area (Å²) in [4.78, 5) is 2.92. The molecule has 0 saturated carbocycles. The molecule has 0 amide bonds. The van der Waals surface area contributed by atoms with Gasteiger partial charge < -0.3 is 10.2 Å². The van der Waals surface area contributed by atoms with Gasteiger partial charge in [-0.15, -0.1) is 0 Å². The molecule has 8 heavy (non-hydrogen) atoms. The predicted molar refractivity (Wildman–Crippen MR) is 29.4 cm³/mol. The molecule has 0 radical (unpaired) electrons. The number of rotatable bonds is 2. The number of aromatic amines is 1. The van der Waals surface area contributed by atoms with Crippen LogP contribution in [0, 0.1) is 0 Å². The summed E-state index contributed by atoms with van der Waals surface area (Å²) in [5, 5.41) is 8.17. The minimum atomic E-state index is 0.479. The average Bonchev–Trinajstić information content (AvgIpc) is 2.19. The van der Waals surface area contributed by atoms with E-state index < -0.39 is 0 Å². The third kappa shape index (κ3) is 1.08. The standard InChI is InChI=1S/C5H8N2O/c8-7-4-5-2-1-3-6-5/h1-3,6-8H,4H2. The summed E-state index contributed by atoms with van der Waals surface area (Å²) >= 11 is 0. The van der Waals surface area contributed by atoms with Crippen LogP contribution in [0.5, 0.6) is 0 Å². The lowest BCUT2D eigenvalue weighted by Gasteiger charge is -1.89. The lowest BCUT2D eigenvalue weighted by molar-refractivity contribution is 0.160. The number of aromatic nitrogens is 1. The second kappa shape index (κ2) is 2.49. The summed E-state index contributed by atoms with van der Waals surface area (Å²) in [7, 11) is 0. The van der Waals surface area contributed by atoms with Gasteiger partial charge in [-0.3, -0.25) is 0 Å². The fraction of sp³-hybridized carbons (Fsp3) is 0.200. The average molecular weight is 112 g/mol. The van der Waals surface area contributed by atoms with Gasteiger partial charge in [-0.1, -0.05) is 0 Å². The van der Waals surface area contributed by atoms with Gasteiger partial charge in [0.15, 0.2) is 0 Å². The van der Waals surface area contributed by atoms with Crippen LogP contribution in [-0.4, -0.2) is 10.2 Å². The maximum absolute atomic E-state index is 8.17. The Labute approximate surface area is 47.3 Å². The van der Waals surface area contributed by atoms with Gasteiger partial charge in [-0.2, -0.15) is 5.48 Å². The van der Waals surface area contributed by atoms with Gasteiger partial charge in [0.2, 0.25) is 0 Å². The van der Waals surface area contributed by atoms with Crippen molar-refractivity contribution in [1.29, 1.82) is 0 Å². The minimum absolute atomic E-state index is 0.479. The number of nitrogens with one attached hydrogen (secondary N) is 2. The maximum Gasteiger partial charge on any atom is 0.0608 e. The molecule has 0 spiro atoms. The molecule has 0 unspecified atom stereocenters. The summed E-state index contributed by atoms with van der Waals surface area (Å²) in [6.45, 7) is 0.479. The van der Waals surface area contributed by atoms with Crippen molar-refractivity contribution >= 4 is 0 Å². The van der Waals surface area contributed by atoms with E-state index in [-0.39, 0.29) is 0 Å². The topological polar surface area (TPSA) is 48.0 Å². The Hall–Kier alpha value is -0.800. The zero-order valence-electron chi connectivity index (χ0n) is 4.39. The van der Waals surface area contributed by atoms with E-state index in [0.717, 1.165) is 5.69 Å². The van der Waals surface area contributed by atoms with Crippen LogP contribution in [0.15, 0.2) is 18.3 Å². The molecule has 0 aromatic carbocycles. The van der Waals surface area contributed by atoms with Crippen molar-refractivity contribution in [3.8, 4) is 0 Å². The third-order valence-electron chi connectivity index (χ3n) is 0.932. The summed E-state index contributed by atoms with van der Waals surface area (Å²) in [6.07, 6.45) is 1.81. The maximum atomic E-state index is 8.17. The highest BCUT2D eigenvalue weighted by Crippen LogP contribution is 1.90. The smallest absolute Gasteiger partial charge is 0.0608 e. The van der Waals surface area contributed by atoms with E-state index in [1.165, 1.54) is 0 Å². The largest absolute Gasteiger partial charge is 0.364 e. The van der Waals surface area contributed by atoms with Gasteiger partial charge in [0, 0.05) is 11.9 Å². The van der Waals surface area contributed by atoms with Crippen LogP contribution in [0.1, 0.15) is 5.69 Å². The molecule has 0 atom stereocenters. The van der Waals surface area contributed by atoms with Crippen LogP contribution in [0.3, 0.4) is 0 Å². The third-order valence-corrected chi connectivity index (χ3v) is 0.932. The van der Waals surface area contributed by atoms with Crippen molar-refractivity contribution in [2.75, 3.05) is 0 Å². The Balaban J connectivity index is 2.50. The van der Waals surface area contributed by atoms with Gasteiger partial charge in [0.1, 0.15) is 0 Å². The molecule has 44 valence electrons. The Kier molecular flexibility index (Phi) is 1.66. The van der Waals surface area contributed by atoms with E-state index in [9.17, 15) is 0 Å². The van der Waals surface area contributed by atoms with E-state index in [0.29, 0.717) is 6.54 Å². The Morgan fingerprint density at radius 1 is 1.75 bits per heavy atom. The predicted octanol–water partition coefficient (Wildman–Crippen LogP) is 0.493. The Morgan fingerprint density at radius 2 is 2.62 bits per heavy atom. The zero-order valence-corrected chi connectivity index (χ0v) is 4.39. The van der Waals surface area contributed by atoms with Crippen molar-refractivity contribution in [2.24, 2.45) is 0 Å². The lowest BCUT2D eigenvalue weighted by atomic mass is 10.4. The van der Waals surface area contributed by atoms with Gasteiger partial charge in [0.25, 0.3) is 0 Å². The Bertz CT molecular complexity index is 136. The molecule has 1 rings (SSSR count). The number of hydrogen-bond donors (Lipinski definition) is 3. The van der Waals surface area contributed by atoms with Crippen molar-refractivity contribution in [1.82, 2.24) is 10.5 Å². The summed E-state index contributed by atoms with van der Waals surface area (Å²) in [5.74, 6) is 0. The first kappa shape index (κ1) is 5.34. The summed E-state index contributed by atoms with van der Waals surface area (Å²) in [6, 6.07) is 3.77. The van der Waals surface area contributed by atoms with E-state index in [1.807, 2.05) is 23.8 Å². The van der Waals surface area contributed by atoms with Crippen LogP contribution in [-0.2, 0) is 6.54 Å². The molecule has 0 aliphatic heterocycles. The molecule has 0 saturated heterocycles. The molecule has 3 N–H and O–H groups in total. The SMILES string of the molecule is ONCc1ccc[nH]1. The number of H-pyrrole nitrogens is 1. The van der Waals surface area contributed by atoms with Crippen molar-refractivity contribution in [3.63, 3.8) is 0 Å². The highest BCUT2D eigenvalue weighted by Gasteiger charge is 1.85. The van der Waals surface area contributed by atoms with Crippen LogP contribution in [0.2, 0.25) is 0 Å². The molecule has 1 heterocycles. The second-order valence-electron chi connectivity index (χ2n) is 1.53. The molecular weight excluding hydrogens is 104 g/mol. The first-order valence-electron chi connectivity index (χ1n) is 2.42. The summed E-state index contributed by atoms with van der Waals surface area (Å²) in [5.41, 5.74) is 3.02. The van der Waals surface area contributed by atoms with E-state index in [2.05, 4.69) is 4.98 Å². The first-order valence-corrected chi connectivity index (χ1v) is 2.42. The van der Waals surface area contributed by atoms with Crippen molar-refractivity contribution < 1.29 is 5.21 Å². The molecular formula is C5H8N2O. The van der Waals surface area contributed by atoms with Crippen molar-refractivity contribution in [3.05, 3.63) is 24.0 Å². The van der Waals surface area contributed by atoms with Crippen LogP contribution < -0.4 is 5.48 Å². The molecule has 0 fully saturated rings. The minimum Gasteiger partial charge on any atom is -0.364 e. The fourth-order valence-electron chi connectivity index (χ4n) is 0.563. The Morgan fingerprint density at radius 3 is 3.12 bits per heavy atom. The van der Waals surface area contributed by atoms with Gasteiger partial charge >= 0.3 is 0 Å². The molecule has 1 aromatic heterocycles. The van der Waals surface area contributed by atoms with Gasteiger partial charge in [0.05, 0.1) is 6.54 Å². The monoisotopic (exact) mass is 112 g/mol. The first-order chi connectivity index (χ1) is 3.93. The molecule has 1 aromatic rings. The quantitative estimate of drug-likeness (QED) is 0.488. The second-order valence-corrected chi connectivity index (χ2v) is 1.53. The molecule has 3 heteroatoms. The molecule has 3 nitrogen and oxygen atoms in total. The molecule has 0 aliphatic rings. The number of hydrogen-bond acceptors (Lipinski definition) is 2. The lowest BCUT2D eigenvalue weighted by Crippen LogP contribution is -2.05. The van der Waals surface area contributed by atoms with Crippen molar-refractivity contribution in [2.45, 2.75) is 6.54 Å². The normalized spacial score (nSPS) is 9.62. The van der Waals surface area contributed by atoms with Gasteiger partial charge in [-0.05, 0) is 12.1 Å². The molecule has 0 bridgehead atoms. The van der Waals surface area contributed by atoms with Crippen LogP contribution in [0.4, 0.5) is 0 Å². The van der Waals surface area contributed by atoms with Gasteiger partial charge in [-0.25, -0.2) is 0 Å². The summed E-state index contributed by atoms with van der Waals surface area (Å²) < 4.78 is 0. The van der Waals surface area contributed by atoms with Crippen LogP contribution in [0.25, 0.3) is 0 Å². The molecule has 0 aliphatic carbocycles. The van der Waals surface area contributed by atoms with E-state index >= 15 is 0 Å². The highest BCUT2D eigenvalue weighted by atomic mass is 16.5. The van der Waals surface area contributed by atoms with Crippen LogP contribution >= 0.6 is 0 Å². The van der Waals surface area contributed by atoms with E-state index in [4.69, 9.17) is 5.21 Å². The number of hydroxylamine groups is 1. The van der Waals surface area contributed by atoms with E-state index in [1.54, 1.807) is 0 Å².